The van der Waals surface area contributed by atoms with Gasteiger partial charge in [-0.3, -0.25) is 0 Å². The smallest absolute Gasteiger partial charge is 0.123 e. The minimum absolute atomic E-state index is 0.197. The van der Waals surface area contributed by atoms with E-state index in [9.17, 15) is 5.11 Å². The Labute approximate surface area is 79.8 Å². The highest BCUT2D eigenvalue weighted by Crippen LogP contribution is 2.59. The summed E-state index contributed by atoms with van der Waals surface area (Å²) in [4.78, 5) is 0. The first-order valence-electron chi connectivity index (χ1n) is 4.94. The molecule has 1 N–H and O–H groups in total. The molecule has 0 aromatic heterocycles. The number of fused-ring (bicyclic) bond motifs is 2. The highest BCUT2D eigenvalue weighted by atomic mass is 16.3. The van der Waals surface area contributed by atoms with Crippen LogP contribution in [-0.2, 0) is 0 Å². The van der Waals surface area contributed by atoms with Crippen LogP contribution in [0.2, 0.25) is 0 Å². The standard InChI is InChI=1S/C12H16O/c1-4-11(13)12(3)8(2)9-5-6-10(12)7-9/h1,9-11,13H,2,5-7H2,3H3/t9-,10+,11?,12+/m1/s1. The molecule has 2 saturated carbocycles. The molecule has 2 aliphatic carbocycles. The van der Waals surface area contributed by atoms with E-state index in [2.05, 4.69) is 19.4 Å². The van der Waals surface area contributed by atoms with Gasteiger partial charge < -0.3 is 5.11 Å². The molecule has 2 bridgehead atoms. The molecule has 0 spiro atoms. The third-order valence-corrected chi connectivity index (χ3v) is 4.19. The largest absolute Gasteiger partial charge is 0.379 e. The van der Waals surface area contributed by atoms with Crippen LogP contribution < -0.4 is 0 Å². The topological polar surface area (TPSA) is 20.2 Å². The second-order valence-electron chi connectivity index (χ2n) is 4.58. The van der Waals surface area contributed by atoms with Crippen molar-refractivity contribution in [1.29, 1.82) is 0 Å². The first-order chi connectivity index (χ1) is 6.10. The molecule has 70 valence electrons. The van der Waals surface area contributed by atoms with E-state index < -0.39 is 6.10 Å². The zero-order chi connectivity index (χ0) is 9.64. The Balaban J connectivity index is 2.34. The molecule has 0 aliphatic heterocycles. The van der Waals surface area contributed by atoms with Crippen molar-refractivity contribution in [2.24, 2.45) is 17.3 Å². The molecule has 1 unspecified atom stereocenters. The van der Waals surface area contributed by atoms with Gasteiger partial charge in [0.15, 0.2) is 0 Å². The van der Waals surface area contributed by atoms with Gasteiger partial charge in [0.1, 0.15) is 6.10 Å². The second-order valence-corrected chi connectivity index (χ2v) is 4.58. The van der Waals surface area contributed by atoms with Crippen LogP contribution in [0.1, 0.15) is 26.2 Å². The highest BCUT2D eigenvalue weighted by Gasteiger charge is 2.54. The molecule has 0 heterocycles. The lowest BCUT2D eigenvalue weighted by Gasteiger charge is -2.37. The summed E-state index contributed by atoms with van der Waals surface area (Å²) < 4.78 is 0. The van der Waals surface area contributed by atoms with Gasteiger partial charge in [-0.2, -0.15) is 0 Å². The van der Waals surface area contributed by atoms with Gasteiger partial charge in [-0.15, -0.1) is 6.42 Å². The zero-order valence-corrected chi connectivity index (χ0v) is 8.09. The maximum atomic E-state index is 9.81. The number of aliphatic hydroxyl groups excluding tert-OH is 1. The Morgan fingerprint density at radius 3 is 2.85 bits per heavy atom. The fourth-order valence-corrected chi connectivity index (χ4v) is 3.12. The van der Waals surface area contributed by atoms with Gasteiger partial charge in [-0.1, -0.05) is 25.0 Å². The number of hydrogen-bond donors (Lipinski definition) is 1. The summed E-state index contributed by atoms with van der Waals surface area (Å²) in [6, 6.07) is 0. The van der Waals surface area contributed by atoms with Crippen molar-refractivity contribution < 1.29 is 5.11 Å². The van der Waals surface area contributed by atoms with Crippen LogP contribution in [0.3, 0.4) is 0 Å². The lowest BCUT2D eigenvalue weighted by molar-refractivity contribution is 0.0714. The van der Waals surface area contributed by atoms with E-state index in [1.165, 1.54) is 24.8 Å². The molecular weight excluding hydrogens is 160 g/mol. The van der Waals surface area contributed by atoms with Crippen LogP contribution in [0.4, 0.5) is 0 Å². The Morgan fingerprint density at radius 2 is 2.38 bits per heavy atom. The third kappa shape index (κ3) is 0.928. The van der Waals surface area contributed by atoms with Crippen molar-refractivity contribution in [3.63, 3.8) is 0 Å². The minimum atomic E-state index is -0.643. The third-order valence-electron chi connectivity index (χ3n) is 4.19. The van der Waals surface area contributed by atoms with E-state index in [4.69, 9.17) is 6.42 Å². The Bertz CT molecular complexity index is 286. The summed E-state index contributed by atoms with van der Waals surface area (Å²) >= 11 is 0. The fraction of sp³-hybridized carbons (Fsp3) is 0.667. The quantitative estimate of drug-likeness (QED) is 0.478. The van der Waals surface area contributed by atoms with Gasteiger partial charge in [0.05, 0.1) is 0 Å². The van der Waals surface area contributed by atoms with Crippen LogP contribution in [0.25, 0.3) is 0 Å². The van der Waals surface area contributed by atoms with Gasteiger partial charge in [-0.25, -0.2) is 0 Å². The predicted octanol–water partition coefficient (Wildman–Crippen LogP) is 1.97. The van der Waals surface area contributed by atoms with Gasteiger partial charge in [0.2, 0.25) is 0 Å². The van der Waals surface area contributed by atoms with Crippen LogP contribution in [0.5, 0.6) is 0 Å². The van der Waals surface area contributed by atoms with Crippen LogP contribution in [-0.4, -0.2) is 11.2 Å². The van der Waals surface area contributed by atoms with E-state index in [0.717, 1.165) is 0 Å². The van der Waals surface area contributed by atoms with Crippen LogP contribution in [0, 0.1) is 29.6 Å². The second kappa shape index (κ2) is 2.62. The van der Waals surface area contributed by atoms with Crippen LogP contribution in [0.15, 0.2) is 12.2 Å². The molecule has 2 aliphatic rings. The molecule has 13 heavy (non-hydrogen) atoms. The van der Waals surface area contributed by atoms with Gasteiger partial charge >= 0.3 is 0 Å². The van der Waals surface area contributed by atoms with E-state index in [-0.39, 0.29) is 5.41 Å². The molecule has 0 aromatic rings. The first kappa shape index (κ1) is 8.84. The molecule has 4 atom stereocenters. The van der Waals surface area contributed by atoms with Gasteiger partial charge in [-0.05, 0) is 31.1 Å². The summed E-state index contributed by atoms with van der Waals surface area (Å²) in [6.45, 7) is 6.18. The SMILES string of the molecule is C#CC(O)[C@@]1(C)C(=C)[C@@H]2CC[C@H]1C2. The maximum Gasteiger partial charge on any atom is 0.123 e. The number of rotatable bonds is 1. The molecule has 1 nitrogen and oxygen atoms in total. The summed E-state index contributed by atoms with van der Waals surface area (Å²) in [7, 11) is 0. The fourth-order valence-electron chi connectivity index (χ4n) is 3.12. The van der Waals surface area contributed by atoms with Crippen molar-refractivity contribution in [3.05, 3.63) is 12.2 Å². The highest BCUT2D eigenvalue weighted by molar-refractivity contribution is 5.29. The maximum absolute atomic E-state index is 9.81. The lowest BCUT2D eigenvalue weighted by atomic mass is 9.68. The lowest BCUT2D eigenvalue weighted by Crippen LogP contribution is -2.37. The zero-order valence-electron chi connectivity index (χ0n) is 8.09. The predicted molar refractivity (Wildman–Crippen MR) is 52.9 cm³/mol. The van der Waals surface area contributed by atoms with E-state index >= 15 is 0 Å². The van der Waals surface area contributed by atoms with Crippen LogP contribution >= 0.6 is 0 Å². The van der Waals surface area contributed by atoms with Gasteiger partial charge in [0, 0.05) is 5.41 Å². The molecule has 1 heteroatoms. The average Bonchev–Trinajstić information content (AvgIpc) is 2.69. The van der Waals surface area contributed by atoms with Crippen molar-refractivity contribution in [3.8, 4) is 12.3 Å². The average molecular weight is 176 g/mol. The van der Waals surface area contributed by atoms with Crippen molar-refractivity contribution >= 4 is 0 Å². The minimum Gasteiger partial charge on any atom is -0.379 e. The number of aliphatic hydroxyl groups is 1. The van der Waals surface area contributed by atoms with Crippen molar-refractivity contribution in [2.45, 2.75) is 32.3 Å². The molecule has 0 saturated heterocycles. The van der Waals surface area contributed by atoms with Crippen molar-refractivity contribution in [1.82, 2.24) is 0 Å². The monoisotopic (exact) mass is 176 g/mol. The first-order valence-corrected chi connectivity index (χ1v) is 4.94. The summed E-state index contributed by atoms with van der Waals surface area (Å²) in [5.74, 6) is 3.65. The van der Waals surface area contributed by atoms with E-state index in [1.807, 2.05) is 0 Å². The summed E-state index contributed by atoms with van der Waals surface area (Å²) in [5.41, 5.74) is 0.992. The molecular formula is C12H16O. The molecule has 2 rings (SSSR count). The van der Waals surface area contributed by atoms with Crippen molar-refractivity contribution in [2.75, 3.05) is 0 Å². The van der Waals surface area contributed by atoms with E-state index in [1.54, 1.807) is 0 Å². The molecule has 0 aromatic carbocycles. The summed E-state index contributed by atoms with van der Waals surface area (Å²) in [5, 5.41) is 9.81. The Hall–Kier alpha value is -0.740. The van der Waals surface area contributed by atoms with Gasteiger partial charge in [0.25, 0.3) is 0 Å². The van der Waals surface area contributed by atoms with E-state index in [0.29, 0.717) is 11.8 Å². The number of hydrogen-bond acceptors (Lipinski definition) is 1. The molecule has 2 fully saturated rings. The Morgan fingerprint density at radius 1 is 1.69 bits per heavy atom. The number of terminal acetylenes is 1. The summed E-state index contributed by atoms with van der Waals surface area (Å²) in [6.07, 6.45) is 8.29. The molecule has 0 radical (unpaired) electrons. The Kier molecular flexibility index (Phi) is 1.78. The molecule has 0 amide bonds. The normalized spacial score (nSPS) is 44.8.